The molecule has 8 heteroatoms. The molecule has 6 nitrogen and oxygen atoms in total. The lowest BCUT2D eigenvalue weighted by atomic mass is 9.95. The maximum atomic E-state index is 13.3. The number of nitriles is 1. The van der Waals surface area contributed by atoms with E-state index in [1.807, 2.05) is 24.3 Å². The first-order valence-electron chi connectivity index (χ1n) is 10.1. The highest BCUT2D eigenvalue weighted by molar-refractivity contribution is 7.89. The van der Waals surface area contributed by atoms with Gasteiger partial charge in [0.15, 0.2) is 0 Å². The predicted octanol–water partition coefficient (Wildman–Crippen LogP) is 4.03. The summed E-state index contributed by atoms with van der Waals surface area (Å²) in [5.41, 5.74) is 2.37. The number of hydrogen-bond acceptors (Lipinski definition) is 4. The number of halogens is 1. The number of rotatable bonds is 4. The van der Waals surface area contributed by atoms with E-state index in [0.29, 0.717) is 27.3 Å². The molecule has 1 aliphatic rings. The van der Waals surface area contributed by atoms with E-state index in [-0.39, 0.29) is 37.0 Å². The van der Waals surface area contributed by atoms with Gasteiger partial charge in [-0.2, -0.15) is 9.57 Å². The zero-order valence-electron chi connectivity index (χ0n) is 17.1. The molecule has 0 bridgehead atoms. The molecule has 0 aromatic heterocycles. The smallest absolute Gasteiger partial charge is 0.254 e. The van der Waals surface area contributed by atoms with Crippen molar-refractivity contribution >= 4 is 27.5 Å². The van der Waals surface area contributed by atoms with Crippen LogP contribution in [0.4, 0.5) is 0 Å². The lowest BCUT2D eigenvalue weighted by Gasteiger charge is -2.34. The molecule has 0 unspecified atom stereocenters. The fourth-order valence-corrected chi connectivity index (χ4v) is 5.33. The van der Waals surface area contributed by atoms with Gasteiger partial charge in [0.05, 0.1) is 16.5 Å². The maximum Gasteiger partial charge on any atom is 0.254 e. The van der Waals surface area contributed by atoms with Gasteiger partial charge in [-0.3, -0.25) is 4.79 Å². The highest BCUT2D eigenvalue weighted by Gasteiger charge is 2.31. The molecule has 32 heavy (non-hydrogen) atoms. The zero-order valence-corrected chi connectivity index (χ0v) is 18.7. The van der Waals surface area contributed by atoms with Gasteiger partial charge in [0.2, 0.25) is 10.0 Å². The summed E-state index contributed by atoms with van der Waals surface area (Å²) in [4.78, 5) is 15.2. The van der Waals surface area contributed by atoms with Crippen LogP contribution in [0.25, 0.3) is 11.1 Å². The molecule has 0 N–H and O–H groups in total. The van der Waals surface area contributed by atoms with Gasteiger partial charge in [-0.05, 0) is 42.0 Å². The Kier molecular flexibility index (Phi) is 6.28. The summed E-state index contributed by atoms with van der Waals surface area (Å²) in [5.74, 6) is -0.183. The van der Waals surface area contributed by atoms with E-state index in [2.05, 4.69) is 6.07 Å². The van der Waals surface area contributed by atoms with Gasteiger partial charge in [-0.1, -0.05) is 48.0 Å². The van der Waals surface area contributed by atoms with Gasteiger partial charge in [0.1, 0.15) is 0 Å². The molecular formula is C24H20ClN3O3S. The Morgan fingerprint density at radius 2 is 1.44 bits per heavy atom. The zero-order chi connectivity index (χ0) is 22.7. The monoisotopic (exact) mass is 465 g/mol. The summed E-state index contributed by atoms with van der Waals surface area (Å²) >= 11 is 5.87. The minimum absolute atomic E-state index is 0.181. The first-order chi connectivity index (χ1) is 15.4. The van der Waals surface area contributed by atoms with Crippen LogP contribution in [0, 0.1) is 11.3 Å². The van der Waals surface area contributed by atoms with Crippen molar-refractivity contribution in [3.05, 3.63) is 88.9 Å². The van der Waals surface area contributed by atoms with E-state index in [1.165, 1.54) is 16.4 Å². The van der Waals surface area contributed by atoms with Gasteiger partial charge in [0.25, 0.3) is 5.91 Å². The number of sulfonamides is 1. The van der Waals surface area contributed by atoms with E-state index in [1.54, 1.807) is 41.3 Å². The second kappa shape index (κ2) is 9.13. The molecule has 3 aromatic rings. The molecule has 0 aliphatic carbocycles. The number of piperazine rings is 1. The molecule has 0 spiro atoms. The third kappa shape index (κ3) is 4.26. The number of carbonyl (C=O) groups is 1. The Hall–Kier alpha value is -3.18. The van der Waals surface area contributed by atoms with Crippen molar-refractivity contribution in [1.29, 1.82) is 5.26 Å². The van der Waals surface area contributed by atoms with Crippen molar-refractivity contribution in [3.63, 3.8) is 0 Å². The van der Waals surface area contributed by atoms with Gasteiger partial charge in [-0.25, -0.2) is 8.42 Å². The number of hydrogen-bond donors (Lipinski definition) is 0. The van der Waals surface area contributed by atoms with Gasteiger partial charge >= 0.3 is 0 Å². The van der Waals surface area contributed by atoms with E-state index in [4.69, 9.17) is 11.6 Å². The van der Waals surface area contributed by atoms with Crippen LogP contribution in [-0.4, -0.2) is 49.7 Å². The van der Waals surface area contributed by atoms with Crippen molar-refractivity contribution in [2.24, 2.45) is 0 Å². The molecule has 1 saturated heterocycles. The van der Waals surface area contributed by atoms with Crippen LogP contribution in [-0.2, 0) is 10.0 Å². The Labute approximate surface area is 192 Å². The first kappa shape index (κ1) is 22.0. The third-order valence-corrected chi connectivity index (χ3v) is 7.64. The lowest BCUT2D eigenvalue weighted by Crippen LogP contribution is -2.50. The van der Waals surface area contributed by atoms with Crippen LogP contribution < -0.4 is 0 Å². The molecule has 0 atom stereocenters. The molecule has 1 heterocycles. The van der Waals surface area contributed by atoms with Crippen LogP contribution >= 0.6 is 11.6 Å². The van der Waals surface area contributed by atoms with E-state index < -0.39 is 10.0 Å². The standard InChI is InChI=1S/C24H20ClN3O3S/c25-19-9-11-20(12-10-19)32(30,31)28-15-13-27(14-16-28)24(29)23-8-4-3-7-22(23)21-6-2-1-5-18(21)17-26/h1-12H,13-16H2. The maximum absolute atomic E-state index is 13.3. The molecule has 3 aromatic carbocycles. The number of benzene rings is 3. The fourth-order valence-electron chi connectivity index (χ4n) is 3.78. The van der Waals surface area contributed by atoms with Crippen LogP contribution in [0.2, 0.25) is 5.02 Å². The topological polar surface area (TPSA) is 81.5 Å². The highest BCUT2D eigenvalue weighted by atomic mass is 35.5. The SMILES string of the molecule is N#Cc1ccccc1-c1ccccc1C(=O)N1CCN(S(=O)(=O)c2ccc(Cl)cc2)CC1. The molecule has 0 radical (unpaired) electrons. The third-order valence-electron chi connectivity index (χ3n) is 5.47. The van der Waals surface area contributed by atoms with Gasteiger partial charge in [0, 0.05) is 42.3 Å². The average Bonchev–Trinajstić information content (AvgIpc) is 2.84. The molecule has 4 rings (SSSR count). The fraction of sp³-hybridized carbons (Fsp3) is 0.167. The Balaban J connectivity index is 1.54. The van der Waals surface area contributed by atoms with Crippen molar-refractivity contribution < 1.29 is 13.2 Å². The summed E-state index contributed by atoms with van der Waals surface area (Å²) in [6.45, 7) is 0.959. The second-order valence-electron chi connectivity index (χ2n) is 7.35. The highest BCUT2D eigenvalue weighted by Crippen LogP contribution is 2.28. The summed E-state index contributed by atoms with van der Waals surface area (Å²) in [5, 5.41) is 9.93. The van der Waals surface area contributed by atoms with Crippen LogP contribution in [0.1, 0.15) is 15.9 Å². The van der Waals surface area contributed by atoms with Gasteiger partial charge in [-0.15, -0.1) is 0 Å². The van der Waals surface area contributed by atoms with E-state index >= 15 is 0 Å². The minimum atomic E-state index is -3.65. The van der Waals surface area contributed by atoms with Crippen molar-refractivity contribution in [2.45, 2.75) is 4.90 Å². The van der Waals surface area contributed by atoms with E-state index in [9.17, 15) is 18.5 Å². The van der Waals surface area contributed by atoms with Crippen LogP contribution in [0.5, 0.6) is 0 Å². The summed E-state index contributed by atoms with van der Waals surface area (Å²) in [7, 11) is -3.65. The summed E-state index contributed by atoms with van der Waals surface area (Å²) in [6, 6.07) is 22.6. The number of amides is 1. The molecule has 0 saturated carbocycles. The number of nitrogens with zero attached hydrogens (tertiary/aromatic N) is 3. The second-order valence-corrected chi connectivity index (χ2v) is 9.73. The first-order valence-corrected chi connectivity index (χ1v) is 11.9. The van der Waals surface area contributed by atoms with Crippen molar-refractivity contribution in [2.75, 3.05) is 26.2 Å². The Bertz CT molecular complexity index is 1290. The predicted molar refractivity (Wildman–Crippen MR) is 123 cm³/mol. The van der Waals surface area contributed by atoms with E-state index in [0.717, 1.165) is 0 Å². The van der Waals surface area contributed by atoms with Crippen molar-refractivity contribution in [1.82, 2.24) is 9.21 Å². The number of carbonyl (C=O) groups excluding carboxylic acids is 1. The average molecular weight is 466 g/mol. The lowest BCUT2D eigenvalue weighted by molar-refractivity contribution is 0.0698. The summed E-state index contributed by atoms with van der Waals surface area (Å²) in [6.07, 6.45) is 0. The quantitative estimate of drug-likeness (QED) is 0.582. The van der Waals surface area contributed by atoms with Crippen LogP contribution in [0.15, 0.2) is 77.7 Å². The Morgan fingerprint density at radius 3 is 2.09 bits per heavy atom. The van der Waals surface area contributed by atoms with Crippen LogP contribution in [0.3, 0.4) is 0 Å². The minimum Gasteiger partial charge on any atom is -0.336 e. The molecule has 162 valence electrons. The molecular weight excluding hydrogens is 446 g/mol. The largest absolute Gasteiger partial charge is 0.336 e. The molecule has 1 amide bonds. The van der Waals surface area contributed by atoms with Crippen molar-refractivity contribution in [3.8, 4) is 17.2 Å². The molecule has 1 fully saturated rings. The molecule has 1 aliphatic heterocycles. The summed E-state index contributed by atoms with van der Waals surface area (Å²) < 4.78 is 27.2. The Morgan fingerprint density at radius 1 is 0.844 bits per heavy atom. The van der Waals surface area contributed by atoms with Gasteiger partial charge < -0.3 is 4.90 Å². The normalized spacial score (nSPS) is 14.7.